The average molecular weight is 184 g/mol. The minimum atomic E-state index is 0.748. The van der Waals surface area contributed by atoms with Gasteiger partial charge >= 0.3 is 0 Å². The molecule has 3 rings (SSSR count). The molecule has 70 valence electrons. The number of nitrogens with zero attached hydrogens (tertiary/aromatic N) is 2. The smallest absolute Gasteiger partial charge is 0.0991 e. The summed E-state index contributed by atoms with van der Waals surface area (Å²) in [5.74, 6) is 1.93. The van der Waals surface area contributed by atoms with Crippen LogP contribution in [-0.4, -0.2) is 13.1 Å². The van der Waals surface area contributed by atoms with E-state index in [0.717, 1.165) is 17.4 Å². The van der Waals surface area contributed by atoms with Gasteiger partial charge in [-0.2, -0.15) is 5.26 Å². The zero-order valence-electron chi connectivity index (χ0n) is 7.98. The van der Waals surface area contributed by atoms with Gasteiger partial charge in [0.15, 0.2) is 0 Å². The highest BCUT2D eigenvalue weighted by molar-refractivity contribution is 5.51. The van der Waals surface area contributed by atoms with Gasteiger partial charge in [-0.25, -0.2) is 0 Å². The lowest BCUT2D eigenvalue weighted by Crippen LogP contribution is -2.21. The van der Waals surface area contributed by atoms with Gasteiger partial charge in [-0.3, -0.25) is 0 Å². The maximum absolute atomic E-state index is 8.68. The second-order valence-corrected chi connectivity index (χ2v) is 4.32. The van der Waals surface area contributed by atoms with Crippen molar-refractivity contribution < 1.29 is 0 Å². The summed E-state index contributed by atoms with van der Waals surface area (Å²) < 4.78 is 0. The summed E-state index contributed by atoms with van der Waals surface area (Å²) in [6.07, 6.45) is 1.44. The fourth-order valence-electron chi connectivity index (χ4n) is 2.36. The van der Waals surface area contributed by atoms with Crippen LogP contribution < -0.4 is 4.90 Å². The van der Waals surface area contributed by atoms with E-state index < -0.39 is 0 Å². The third-order valence-electron chi connectivity index (χ3n) is 3.34. The molecule has 1 aliphatic heterocycles. The van der Waals surface area contributed by atoms with Crippen molar-refractivity contribution in [3.63, 3.8) is 0 Å². The van der Waals surface area contributed by atoms with Crippen LogP contribution in [0.4, 0.5) is 5.69 Å². The Morgan fingerprint density at radius 3 is 2.36 bits per heavy atom. The molecule has 0 amide bonds. The van der Waals surface area contributed by atoms with Crippen molar-refractivity contribution in [2.45, 2.75) is 6.42 Å². The summed E-state index contributed by atoms with van der Waals surface area (Å²) in [5.41, 5.74) is 2.02. The van der Waals surface area contributed by atoms with Crippen molar-refractivity contribution in [3.8, 4) is 6.07 Å². The molecule has 1 aromatic carbocycles. The lowest BCUT2D eigenvalue weighted by molar-refractivity contribution is 0.820. The normalized spacial score (nSPS) is 28.4. The quantitative estimate of drug-likeness (QED) is 0.667. The lowest BCUT2D eigenvalue weighted by Gasteiger charge is -2.19. The molecule has 2 fully saturated rings. The van der Waals surface area contributed by atoms with Gasteiger partial charge < -0.3 is 4.90 Å². The Kier molecular flexibility index (Phi) is 1.55. The zero-order valence-corrected chi connectivity index (χ0v) is 7.98. The molecule has 2 nitrogen and oxygen atoms in total. The van der Waals surface area contributed by atoms with E-state index in [0.29, 0.717) is 0 Å². The highest BCUT2D eigenvalue weighted by Gasteiger charge is 2.44. The first-order valence-corrected chi connectivity index (χ1v) is 5.12. The summed E-state index contributed by atoms with van der Waals surface area (Å²) in [7, 11) is 0. The average Bonchev–Trinajstić information content (AvgIpc) is 2.86. The molecule has 14 heavy (non-hydrogen) atoms. The number of nitriles is 1. The highest BCUT2D eigenvalue weighted by Crippen LogP contribution is 2.46. The topological polar surface area (TPSA) is 27.0 Å². The summed E-state index contributed by atoms with van der Waals surface area (Å²) in [6.45, 7) is 2.44. The van der Waals surface area contributed by atoms with Gasteiger partial charge in [0.1, 0.15) is 0 Å². The van der Waals surface area contributed by atoms with Gasteiger partial charge in [0, 0.05) is 18.8 Å². The molecule has 2 aliphatic rings. The second kappa shape index (κ2) is 2.75. The third kappa shape index (κ3) is 1.17. The molecule has 0 unspecified atom stereocenters. The van der Waals surface area contributed by atoms with Gasteiger partial charge in [-0.05, 0) is 42.5 Å². The molecule has 2 heteroatoms. The van der Waals surface area contributed by atoms with Crippen molar-refractivity contribution in [1.82, 2.24) is 0 Å². The monoisotopic (exact) mass is 184 g/mol. The van der Waals surface area contributed by atoms with E-state index in [1.54, 1.807) is 0 Å². The molecule has 1 aromatic rings. The van der Waals surface area contributed by atoms with E-state index in [9.17, 15) is 0 Å². The third-order valence-corrected chi connectivity index (χ3v) is 3.34. The van der Waals surface area contributed by atoms with Gasteiger partial charge in [0.2, 0.25) is 0 Å². The fourth-order valence-corrected chi connectivity index (χ4v) is 2.36. The predicted octanol–water partition coefficient (Wildman–Crippen LogP) is 2.01. The Balaban J connectivity index is 1.80. The van der Waals surface area contributed by atoms with Crippen LogP contribution in [0.3, 0.4) is 0 Å². The molecule has 1 saturated heterocycles. The first-order valence-electron chi connectivity index (χ1n) is 5.12. The Labute approximate surface area is 83.8 Å². The van der Waals surface area contributed by atoms with E-state index in [1.165, 1.54) is 25.2 Å². The SMILES string of the molecule is N#Cc1ccc(N2C[C@H]3C[C@H]3C2)cc1. The molecular formula is C12H12N2. The van der Waals surface area contributed by atoms with Crippen molar-refractivity contribution in [2.75, 3.05) is 18.0 Å². The molecule has 0 aromatic heterocycles. The van der Waals surface area contributed by atoms with Crippen LogP contribution in [0.1, 0.15) is 12.0 Å². The van der Waals surface area contributed by atoms with Crippen molar-refractivity contribution in [2.24, 2.45) is 11.8 Å². The van der Waals surface area contributed by atoms with Crippen molar-refractivity contribution in [1.29, 1.82) is 5.26 Å². The Bertz CT molecular complexity index is 378. The number of fused-ring (bicyclic) bond motifs is 1. The van der Waals surface area contributed by atoms with Crippen LogP contribution >= 0.6 is 0 Å². The predicted molar refractivity (Wildman–Crippen MR) is 55.0 cm³/mol. The molecule has 0 N–H and O–H groups in total. The number of benzene rings is 1. The maximum atomic E-state index is 8.68. The minimum Gasteiger partial charge on any atom is -0.371 e. The molecule has 0 radical (unpaired) electrons. The number of hydrogen-bond donors (Lipinski definition) is 0. The van der Waals surface area contributed by atoms with Gasteiger partial charge in [0.25, 0.3) is 0 Å². The van der Waals surface area contributed by atoms with Crippen LogP contribution in [0.15, 0.2) is 24.3 Å². The van der Waals surface area contributed by atoms with Crippen LogP contribution in [0.25, 0.3) is 0 Å². The molecule has 1 heterocycles. The number of piperidine rings is 1. The van der Waals surface area contributed by atoms with E-state index in [2.05, 4.69) is 23.1 Å². The van der Waals surface area contributed by atoms with Crippen molar-refractivity contribution in [3.05, 3.63) is 29.8 Å². The Morgan fingerprint density at radius 1 is 1.14 bits per heavy atom. The van der Waals surface area contributed by atoms with Crippen molar-refractivity contribution >= 4 is 5.69 Å². The highest BCUT2D eigenvalue weighted by atomic mass is 15.2. The van der Waals surface area contributed by atoms with Gasteiger partial charge in [-0.1, -0.05) is 0 Å². The summed E-state index contributed by atoms with van der Waals surface area (Å²) in [4.78, 5) is 2.43. The van der Waals surface area contributed by atoms with E-state index in [-0.39, 0.29) is 0 Å². The molecule has 0 spiro atoms. The fraction of sp³-hybridized carbons (Fsp3) is 0.417. The number of rotatable bonds is 1. The van der Waals surface area contributed by atoms with Crippen LogP contribution in [0.2, 0.25) is 0 Å². The zero-order chi connectivity index (χ0) is 9.54. The Hall–Kier alpha value is -1.49. The standard InChI is InChI=1S/C12H12N2/c13-6-9-1-3-12(4-2-9)14-7-10-5-11(10)8-14/h1-4,10-11H,5,7-8H2/t10-,11+. The summed E-state index contributed by atoms with van der Waals surface area (Å²) in [6, 6.07) is 10.1. The largest absolute Gasteiger partial charge is 0.371 e. The molecule has 1 aliphatic carbocycles. The molecule has 1 saturated carbocycles. The van der Waals surface area contributed by atoms with E-state index >= 15 is 0 Å². The van der Waals surface area contributed by atoms with Gasteiger partial charge in [-0.15, -0.1) is 0 Å². The van der Waals surface area contributed by atoms with Crippen LogP contribution in [0.5, 0.6) is 0 Å². The minimum absolute atomic E-state index is 0.748. The number of anilines is 1. The first kappa shape index (κ1) is 7.87. The summed E-state index contributed by atoms with van der Waals surface area (Å²) >= 11 is 0. The van der Waals surface area contributed by atoms with E-state index in [1.807, 2.05) is 12.1 Å². The van der Waals surface area contributed by atoms with Crippen LogP contribution in [0, 0.1) is 23.2 Å². The molecule has 2 atom stereocenters. The maximum Gasteiger partial charge on any atom is 0.0991 e. The lowest BCUT2D eigenvalue weighted by atomic mass is 10.2. The Morgan fingerprint density at radius 2 is 1.79 bits per heavy atom. The molecular weight excluding hydrogens is 172 g/mol. The van der Waals surface area contributed by atoms with Crippen LogP contribution in [-0.2, 0) is 0 Å². The van der Waals surface area contributed by atoms with E-state index in [4.69, 9.17) is 5.26 Å². The number of hydrogen-bond acceptors (Lipinski definition) is 2. The second-order valence-electron chi connectivity index (χ2n) is 4.32. The summed E-state index contributed by atoms with van der Waals surface area (Å²) in [5, 5.41) is 8.68. The molecule has 0 bridgehead atoms. The first-order chi connectivity index (χ1) is 6.86. The van der Waals surface area contributed by atoms with Gasteiger partial charge in [0.05, 0.1) is 11.6 Å².